The van der Waals surface area contributed by atoms with Gasteiger partial charge in [-0.15, -0.1) is 0 Å². The van der Waals surface area contributed by atoms with Crippen molar-refractivity contribution < 1.29 is 4.74 Å². The molecule has 10 heavy (non-hydrogen) atoms. The first-order valence-corrected chi connectivity index (χ1v) is 3.05. The van der Waals surface area contributed by atoms with E-state index in [0.29, 0.717) is 5.41 Å². The molecule has 0 aliphatic heterocycles. The first-order valence-electron chi connectivity index (χ1n) is 3.05. The minimum absolute atomic E-state index is 0. The molecule has 66 valence electrons. The fraction of sp³-hybridized carbons (Fsp3) is 1.00. The van der Waals surface area contributed by atoms with E-state index < -0.39 is 0 Å². The molecule has 0 saturated carbocycles. The van der Waals surface area contributed by atoms with Crippen LogP contribution in [0.1, 0.15) is 42.0 Å². The molecule has 0 aromatic carbocycles. The zero-order valence-electron chi connectivity index (χ0n) is 6.32. The second kappa shape index (κ2) is 7.07. The van der Waals surface area contributed by atoms with Gasteiger partial charge in [0.15, 0.2) is 0 Å². The summed E-state index contributed by atoms with van der Waals surface area (Å²) in [6.07, 6.45) is 1.14. The summed E-state index contributed by atoms with van der Waals surface area (Å²) in [6, 6.07) is 0. The molecule has 0 unspecified atom stereocenters. The van der Waals surface area contributed by atoms with Crippen molar-refractivity contribution in [3.8, 4) is 0 Å². The van der Waals surface area contributed by atoms with Crippen LogP contribution in [0.4, 0.5) is 0 Å². The van der Waals surface area contributed by atoms with Crippen molar-refractivity contribution in [2.24, 2.45) is 5.41 Å². The van der Waals surface area contributed by atoms with Crippen molar-refractivity contribution in [3.05, 3.63) is 0 Å². The number of hydrogen-bond donors (Lipinski definition) is 0. The Hall–Kier alpha value is -0.0400. The van der Waals surface area contributed by atoms with Crippen LogP contribution in [0.15, 0.2) is 0 Å². The molecule has 0 aliphatic carbocycles. The van der Waals surface area contributed by atoms with Gasteiger partial charge in [0.05, 0.1) is 0 Å². The molecule has 0 atom stereocenters. The molecule has 0 amide bonds. The largest absolute Gasteiger partial charge is 0.385 e. The maximum atomic E-state index is 4.92. The molecule has 0 aromatic heterocycles. The lowest BCUT2D eigenvalue weighted by Gasteiger charge is -2.16. The van der Waals surface area contributed by atoms with E-state index in [1.807, 2.05) is 0 Å². The summed E-state index contributed by atoms with van der Waals surface area (Å²) in [4.78, 5) is 0. The quantitative estimate of drug-likeness (QED) is 0.583. The third-order valence-corrected chi connectivity index (χ3v) is 1.06. The van der Waals surface area contributed by atoms with Crippen LogP contribution in [0.5, 0.6) is 0 Å². The van der Waals surface area contributed by atoms with Gasteiger partial charge in [0.25, 0.3) is 0 Å². The van der Waals surface area contributed by atoms with E-state index in [-0.39, 0.29) is 14.9 Å². The van der Waals surface area contributed by atoms with Crippen LogP contribution in [-0.2, 0) is 4.74 Å². The summed E-state index contributed by atoms with van der Waals surface area (Å²) < 4.78 is 4.92. The molecule has 0 rings (SSSR count). The molecular formula is C9H24O. The van der Waals surface area contributed by atoms with Crippen molar-refractivity contribution in [2.75, 3.05) is 13.7 Å². The first kappa shape index (κ1) is 16.5. The molecule has 1 nitrogen and oxygen atoms in total. The molecule has 0 spiro atoms. The van der Waals surface area contributed by atoms with Gasteiger partial charge in [-0.05, 0) is 11.8 Å². The smallest absolute Gasteiger partial charge is 0.0467 e. The van der Waals surface area contributed by atoms with Crippen molar-refractivity contribution in [2.45, 2.75) is 42.0 Å². The third kappa shape index (κ3) is 15.7. The lowest BCUT2D eigenvalue weighted by Crippen LogP contribution is -2.07. The summed E-state index contributed by atoms with van der Waals surface area (Å²) in [5.74, 6) is 0. The van der Waals surface area contributed by atoms with Gasteiger partial charge in [-0.2, -0.15) is 0 Å². The molecular weight excluding hydrogens is 124 g/mol. The standard InChI is InChI=1S/C7H16O.2CH4/c1-7(2,3)5-6-8-4;;/h5-6H2,1-4H3;2*1H4. The summed E-state index contributed by atoms with van der Waals surface area (Å²) in [6.45, 7) is 7.52. The lowest BCUT2D eigenvalue weighted by atomic mass is 9.93. The Bertz CT molecular complexity index is 52.2. The van der Waals surface area contributed by atoms with Crippen LogP contribution in [-0.4, -0.2) is 13.7 Å². The van der Waals surface area contributed by atoms with Crippen molar-refractivity contribution in [3.63, 3.8) is 0 Å². The maximum absolute atomic E-state index is 4.92. The molecule has 0 fully saturated rings. The Kier molecular flexibility index (Phi) is 11.7. The Morgan fingerprint density at radius 1 is 1.10 bits per heavy atom. The number of ether oxygens (including phenoxy) is 1. The molecule has 0 bridgehead atoms. The highest BCUT2D eigenvalue weighted by molar-refractivity contribution is 4.59. The number of hydrogen-bond acceptors (Lipinski definition) is 1. The van der Waals surface area contributed by atoms with Gasteiger partial charge in [0.2, 0.25) is 0 Å². The maximum Gasteiger partial charge on any atom is 0.0467 e. The van der Waals surface area contributed by atoms with E-state index in [1.165, 1.54) is 0 Å². The zero-order chi connectivity index (χ0) is 6.62. The molecule has 0 saturated heterocycles. The number of rotatable bonds is 2. The fourth-order valence-electron chi connectivity index (χ4n) is 0.408. The molecule has 0 radical (unpaired) electrons. The fourth-order valence-corrected chi connectivity index (χ4v) is 0.408. The normalized spacial score (nSPS) is 9.60. The van der Waals surface area contributed by atoms with Crippen molar-refractivity contribution in [1.82, 2.24) is 0 Å². The van der Waals surface area contributed by atoms with E-state index in [9.17, 15) is 0 Å². The highest BCUT2D eigenvalue weighted by Crippen LogP contribution is 2.17. The van der Waals surface area contributed by atoms with Gasteiger partial charge in [-0.25, -0.2) is 0 Å². The van der Waals surface area contributed by atoms with Crippen LogP contribution in [0.25, 0.3) is 0 Å². The van der Waals surface area contributed by atoms with Crippen LogP contribution >= 0.6 is 0 Å². The third-order valence-electron chi connectivity index (χ3n) is 1.06. The second-order valence-corrected chi connectivity index (χ2v) is 3.30. The van der Waals surface area contributed by atoms with Gasteiger partial charge in [0, 0.05) is 13.7 Å². The average molecular weight is 148 g/mol. The van der Waals surface area contributed by atoms with Crippen molar-refractivity contribution >= 4 is 0 Å². The highest BCUT2D eigenvalue weighted by Gasteiger charge is 2.07. The van der Waals surface area contributed by atoms with Gasteiger partial charge in [0.1, 0.15) is 0 Å². The van der Waals surface area contributed by atoms with E-state index in [1.54, 1.807) is 7.11 Å². The minimum atomic E-state index is 0. The topological polar surface area (TPSA) is 9.23 Å². The molecule has 0 aliphatic rings. The Labute approximate surface area is 66.8 Å². The molecule has 0 heterocycles. The highest BCUT2D eigenvalue weighted by atomic mass is 16.5. The van der Waals surface area contributed by atoms with E-state index in [4.69, 9.17) is 4.74 Å². The minimum Gasteiger partial charge on any atom is -0.385 e. The van der Waals surface area contributed by atoms with Crippen LogP contribution in [0.2, 0.25) is 0 Å². The summed E-state index contributed by atoms with van der Waals surface area (Å²) in [5.41, 5.74) is 0.427. The molecule has 0 N–H and O–H groups in total. The van der Waals surface area contributed by atoms with Gasteiger partial charge >= 0.3 is 0 Å². The van der Waals surface area contributed by atoms with Crippen molar-refractivity contribution in [1.29, 1.82) is 0 Å². The van der Waals surface area contributed by atoms with E-state index in [2.05, 4.69) is 20.8 Å². The van der Waals surface area contributed by atoms with Gasteiger partial charge in [-0.3, -0.25) is 0 Å². The lowest BCUT2D eigenvalue weighted by molar-refractivity contribution is 0.159. The van der Waals surface area contributed by atoms with Gasteiger partial charge in [-0.1, -0.05) is 35.6 Å². The van der Waals surface area contributed by atoms with Gasteiger partial charge < -0.3 is 4.74 Å². The second-order valence-electron chi connectivity index (χ2n) is 3.30. The first-order chi connectivity index (χ1) is 3.56. The Morgan fingerprint density at radius 2 is 1.50 bits per heavy atom. The van der Waals surface area contributed by atoms with Crippen LogP contribution in [0, 0.1) is 5.41 Å². The molecule has 0 aromatic rings. The summed E-state index contributed by atoms with van der Waals surface area (Å²) >= 11 is 0. The monoisotopic (exact) mass is 148 g/mol. The predicted molar refractivity (Wildman–Crippen MR) is 49.4 cm³/mol. The summed E-state index contributed by atoms with van der Waals surface area (Å²) in [7, 11) is 1.74. The number of methoxy groups -OCH3 is 1. The van der Waals surface area contributed by atoms with Crippen LogP contribution < -0.4 is 0 Å². The van der Waals surface area contributed by atoms with E-state index >= 15 is 0 Å². The van der Waals surface area contributed by atoms with Crippen LogP contribution in [0.3, 0.4) is 0 Å². The summed E-state index contributed by atoms with van der Waals surface area (Å²) in [5, 5.41) is 0. The predicted octanol–water partition coefficient (Wildman–Crippen LogP) is 3.34. The van der Waals surface area contributed by atoms with E-state index in [0.717, 1.165) is 13.0 Å². The zero-order valence-corrected chi connectivity index (χ0v) is 6.32. The Balaban J connectivity index is -0.000000245. The SMILES string of the molecule is C.C.COCCC(C)(C)C. The molecule has 1 heteroatoms. The Morgan fingerprint density at radius 3 is 1.60 bits per heavy atom. The average Bonchev–Trinajstić information content (AvgIpc) is 1.59.